The molecule has 4 aromatic carbocycles. The molecule has 4 rings (SSSR count). The van der Waals surface area contributed by atoms with Crippen LogP contribution in [0, 0.1) is 6.92 Å². The molecule has 50 heavy (non-hydrogen) atoms. The van der Waals surface area contributed by atoms with Crippen molar-refractivity contribution in [1.29, 1.82) is 0 Å². The van der Waals surface area contributed by atoms with Crippen LogP contribution in [-0.2, 0) is 32.6 Å². The number of benzene rings is 4. The lowest BCUT2D eigenvalue weighted by molar-refractivity contribution is -0.140. The number of nitrogens with zero attached hydrogens (tertiary/aromatic N) is 2. The van der Waals surface area contributed by atoms with E-state index in [1.165, 1.54) is 37.3 Å². The van der Waals surface area contributed by atoms with E-state index in [2.05, 4.69) is 5.32 Å². The van der Waals surface area contributed by atoms with Gasteiger partial charge < -0.3 is 24.4 Å². The molecular weight excluding hydrogens is 655 g/mol. The number of anilines is 1. The van der Waals surface area contributed by atoms with Gasteiger partial charge in [-0.25, -0.2) is 8.42 Å². The van der Waals surface area contributed by atoms with Gasteiger partial charge in [0.2, 0.25) is 11.8 Å². The summed E-state index contributed by atoms with van der Waals surface area (Å²) in [5, 5.41) is 3.05. The number of aryl methyl sites for hydroxylation is 1. The number of methoxy groups -OCH3 is 2. The van der Waals surface area contributed by atoms with Gasteiger partial charge in [0.15, 0.2) is 11.5 Å². The maximum absolute atomic E-state index is 14.7. The number of ether oxygens (including phenoxy) is 3. The molecule has 0 aromatic heterocycles. The lowest BCUT2D eigenvalue weighted by atomic mass is 10.0. The number of amides is 2. The second kappa shape index (κ2) is 16.6. The molecule has 1 unspecified atom stereocenters. The molecule has 1 N–H and O–H groups in total. The van der Waals surface area contributed by atoms with E-state index < -0.39 is 34.1 Å². The zero-order valence-electron chi connectivity index (χ0n) is 29.8. The minimum Gasteiger partial charge on any atom is -0.494 e. The largest absolute Gasteiger partial charge is 0.494 e. The third kappa shape index (κ3) is 9.78. The minimum absolute atomic E-state index is 0.0711. The number of hydrogen-bond acceptors (Lipinski definition) is 7. The first-order chi connectivity index (χ1) is 23.7. The van der Waals surface area contributed by atoms with Crippen LogP contribution in [0.2, 0.25) is 0 Å². The third-order valence-electron chi connectivity index (χ3n) is 7.90. The normalized spacial score (nSPS) is 12.1. The van der Waals surface area contributed by atoms with Gasteiger partial charge in [-0.15, -0.1) is 0 Å². The molecule has 0 spiro atoms. The van der Waals surface area contributed by atoms with Crippen molar-refractivity contribution in [2.24, 2.45) is 0 Å². The molecule has 2 amide bonds. The summed E-state index contributed by atoms with van der Waals surface area (Å²) < 4.78 is 46.4. The van der Waals surface area contributed by atoms with Crippen molar-refractivity contribution in [1.82, 2.24) is 10.2 Å². The van der Waals surface area contributed by atoms with Gasteiger partial charge in [-0.2, -0.15) is 0 Å². The van der Waals surface area contributed by atoms with E-state index in [0.717, 1.165) is 21.0 Å². The van der Waals surface area contributed by atoms with Gasteiger partial charge in [-0.1, -0.05) is 60.2 Å². The summed E-state index contributed by atoms with van der Waals surface area (Å²) in [6, 6.07) is 26.9. The monoisotopic (exact) mass is 701 g/mol. The van der Waals surface area contributed by atoms with E-state index in [9.17, 15) is 18.0 Å². The average Bonchev–Trinajstić information content (AvgIpc) is 3.09. The number of carbonyl (C=O) groups excluding carboxylic acids is 2. The van der Waals surface area contributed by atoms with Gasteiger partial charge >= 0.3 is 0 Å². The predicted molar refractivity (Wildman–Crippen MR) is 195 cm³/mol. The van der Waals surface area contributed by atoms with Gasteiger partial charge in [-0.3, -0.25) is 13.9 Å². The highest BCUT2D eigenvalue weighted by molar-refractivity contribution is 7.92. The summed E-state index contributed by atoms with van der Waals surface area (Å²) in [5.74, 6) is 0.210. The van der Waals surface area contributed by atoms with Crippen LogP contribution in [0.5, 0.6) is 17.2 Å². The Morgan fingerprint density at radius 1 is 0.820 bits per heavy atom. The zero-order valence-corrected chi connectivity index (χ0v) is 30.6. The number of hydrogen-bond donors (Lipinski definition) is 1. The maximum Gasteiger partial charge on any atom is 0.264 e. The Bertz CT molecular complexity index is 1840. The summed E-state index contributed by atoms with van der Waals surface area (Å²) in [6.07, 6.45) is 0.214. The number of carbonyl (C=O) groups is 2. The fourth-order valence-electron chi connectivity index (χ4n) is 5.41. The first-order valence-corrected chi connectivity index (χ1v) is 17.9. The summed E-state index contributed by atoms with van der Waals surface area (Å²) in [6.45, 7) is 9.35. The molecule has 1 atom stereocenters. The minimum atomic E-state index is -4.37. The zero-order chi connectivity index (χ0) is 36.5. The molecule has 0 radical (unpaired) electrons. The first-order valence-electron chi connectivity index (χ1n) is 16.4. The van der Waals surface area contributed by atoms with E-state index >= 15 is 0 Å². The van der Waals surface area contributed by atoms with Gasteiger partial charge in [0.25, 0.3) is 10.0 Å². The highest BCUT2D eigenvalue weighted by Crippen LogP contribution is 2.33. The Balaban J connectivity index is 1.84. The molecule has 0 saturated heterocycles. The second-order valence-electron chi connectivity index (χ2n) is 12.9. The molecule has 0 bridgehead atoms. The van der Waals surface area contributed by atoms with E-state index in [1.54, 1.807) is 24.3 Å². The summed E-state index contributed by atoms with van der Waals surface area (Å²) in [5.41, 5.74) is 2.34. The molecule has 266 valence electrons. The van der Waals surface area contributed by atoms with Crippen molar-refractivity contribution < 1.29 is 32.2 Å². The lowest BCUT2D eigenvalue weighted by Gasteiger charge is -2.35. The molecule has 0 aliphatic carbocycles. The van der Waals surface area contributed by atoms with Crippen LogP contribution < -0.4 is 23.8 Å². The standard InChI is InChI=1S/C39H47N3O7S/c1-8-49-32-20-18-31(19-21-32)42(50(45,46)33-22-23-35(47-6)36(25-33)48-7)27-37(43)41(26-30-16-14-28(2)15-17-30)34(38(44)40-39(3,4)5)24-29-12-10-9-11-13-29/h9-23,25,34H,8,24,26-27H2,1-7H3,(H,40,44). The summed E-state index contributed by atoms with van der Waals surface area (Å²) in [7, 11) is -1.49. The topological polar surface area (TPSA) is 114 Å². The Kier molecular flexibility index (Phi) is 12.5. The molecule has 0 aliphatic rings. The van der Waals surface area contributed by atoms with Crippen LogP contribution in [0.4, 0.5) is 5.69 Å². The molecule has 0 heterocycles. The number of sulfonamides is 1. The van der Waals surface area contributed by atoms with Gasteiger partial charge in [0.05, 0.1) is 31.4 Å². The molecule has 4 aromatic rings. The quantitative estimate of drug-likeness (QED) is 0.158. The van der Waals surface area contributed by atoms with Gasteiger partial charge in [0, 0.05) is 24.6 Å². The highest BCUT2D eigenvalue weighted by Gasteiger charge is 2.36. The lowest BCUT2D eigenvalue weighted by Crippen LogP contribution is -2.56. The van der Waals surface area contributed by atoms with Crippen molar-refractivity contribution in [2.75, 3.05) is 31.7 Å². The van der Waals surface area contributed by atoms with E-state index in [0.29, 0.717) is 18.1 Å². The molecule has 0 fully saturated rings. The van der Waals surface area contributed by atoms with Gasteiger partial charge in [-0.05, 0) is 82.1 Å². The van der Waals surface area contributed by atoms with Crippen LogP contribution in [0.1, 0.15) is 44.4 Å². The summed E-state index contributed by atoms with van der Waals surface area (Å²) >= 11 is 0. The Labute approximate surface area is 296 Å². The third-order valence-corrected chi connectivity index (χ3v) is 9.67. The summed E-state index contributed by atoms with van der Waals surface area (Å²) in [4.78, 5) is 30.2. The Morgan fingerprint density at radius 3 is 2.04 bits per heavy atom. The van der Waals surface area contributed by atoms with Crippen molar-refractivity contribution in [3.05, 3.63) is 114 Å². The average molecular weight is 702 g/mol. The van der Waals surface area contributed by atoms with Gasteiger partial charge in [0.1, 0.15) is 18.3 Å². The first kappa shape index (κ1) is 37.8. The molecule has 0 saturated carbocycles. The maximum atomic E-state index is 14.7. The molecule has 10 nitrogen and oxygen atoms in total. The Morgan fingerprint density at radius 2 is 1.46 bits per heavy atom. The van der Waals surface area contributed by atoms with Crippen LogP contribution in [0.15, 0.2) is 102 Å². The van der Waals surface area contributed by atoms with Crippen molar-refractivity contribution in [2.45, 2.75) is 64.1 Å². The van der Waals surface area contributed by atoms with Crippen LogP contribution in [0.3, 0.4) is 0 Å². The molecule has 11 heteroatoms. The predicted octanol–water partition coefficient (Wildman–Crippen LogP) is 6.16. The SMILES string of the molecule is CCOc1ccc(N(CC(=O)N(Cc2ccc(C)cc2)C(Cc2ccccc2)C(=O)NC(C)(C)C)S(=O)(=O)c2ccc(OC)c(OC)c2)cc1. The highest BCUT2D eigenvalue weighted by atomic mass is 32.2. The van der Waals surface area contributed by atoms with Crippen molar-refractivity contribution in [3.8, 4) is 17.2 Å². The van der Waals surface area contributed by atoms with Crippen LogP contribution in [-0.4, -0.2) is 64.1 Å². The van der Waals surface area contributed by atoms with Crippen molar-refractivity contribution >= 4 is 27.5 Å². The smallest absolute Gasteiger partial charge is 0.264 e. The van der Waals surface area contributed by atoms with Crippen LogP contribution in [0.25, 0.3) is 0 Å². The van der Waals surface area contributed by atoms with Crippen LogP contribution >= 0.6 is 0 Å². The van der Waals surface area contributed by atoms with Crippen molar-refractivity contribution in [3.63, 3.8) is 0 Å². The number of rotatable bonds is 15. The van der Waals surface area contributed by atoms with E-state index in [-0.39, 0.29) is 35.2 Å². The molecule has 0 aliphatic heterocycles. The van der Waals surface area contributed by atoms with E-state index in [4.69, 9.17) is 14.2 Å². The second-order valence-corrected chi connectivity index (χ2v) is 14.8. The fraction of sp³-hybridized carbons (Fsp3) is 0.333. The fourth-order valence-corrected chi connectivity index (χ4v) is 6.84. The number of nitrogens with one attached hydrogen (secondary N) is 1. The Hall–Kier alpha value is -5.03. The van der Waals surface area contributed by atoms with E-state index in [1.807, 2.05) is 89.2 Å². The molecular formula is C39H47N3O7S.